The minimum Gasteiger partial charge on any atom is -0.484 e. The highest BCUT2D eigenvalue weighted by Gasteiger charge is 2.30. The fourth-order valence-electron chi connectivity index (χ4n) is 2.51. The Kier molecular flexibility index (Phi) is 6.05. The van der Waals surface area contributed by atoms with Crippen LogP contribution in [0, 0.1) is 0 Å². The van der Waals surface area contributed by atoms with Crippen LogP contribution < -0.4 is 4.74 Å². The van der Waals surface area contributed by atoms with Crippen molar-refractivity contribution in [3.8, 4) is 5.75 Å². The van der Waals surface area contributed by atoms with Gasteiger partial charge in [-0.2, -0.15) is 13.2 Å². The molecule has 0 N–H and O–H groups in total. The van der Waals surface area contributed by atoms with Crippen molar-refractivity contribution in [1.29, 1.82) is 0 Å². The summed E-state index contributed by atoms with van der Waals surface area (Å²) in [5, 5.41) is 0.508. The first-order valence-electron chi connectivity index (χ1n) is 8.25. The third-order valence-electron chi connectivity index (χ3n) is 3.83. The van der Waals surface area contributed by atoms with Gasteiger partial charge in [-0.25, -0.2) is 0 Å². The molecular formula is C19H17F3N2O2S. The molecule has 0 fully saturated rings. The minimum absolute atomic E-state index is 0.118. The van der Waals surface area contributed by atoms with E-state index in [1.807, 2.05) is 18.2 Å². The van der Waals surface area contributed by atoms with Crippen LogP contribution in [0.4, 0.5) is 13.2 Å². The van der Waals surface area contributed by atoms with Gasteiger partial charge in [-0.1, -0.05) is 48.2 Å². The van der Waals surface area contributed by atoms with E-state index in [9.17, 15) is 18.0 Å². The molecular weight excluding hydrogens is 377 g/mol. The van der Waals surface area contributed by atoms with Gasteiger partial charge in [0.15, 0.2) is 11.8 Å². The smallest absolute Gasteiger partial charge is 0.416 e. The van der Waals surface area contributed by atoms with Crippen molar-refractivity contribution in [1.82, 2.24) is 4.90 Å². The summed E-state index contributed by atoms with van der Waals surface area (Å²) in [7, 11) is 0. The Labute approximate surface area is 159 Å². The highest BCUT2D eigenvalue weighted by Crippen LogP contribution is 2.30. The van der Waals surface area contributed by atoms with Crippen LogP contribution in [0.5, 0.6) is 5.75 Å². The van der Waals surface area contributed by atoms with E-state index >= 15 is 0 Å². The zero-order valence-electron chi connectivity index (χ0n) is 14.3. The lowest BCUT2D eigenvalue weighted by atomic mass is 10.1. The summed E-state index contributed by atoms with van der Waals surface area (Å²) in [6, 6.07) is 14.2. The Hall–Kier alpha value is -2.48. The standard InChI is InChI=1S/C19H17F3N2O2S/c20-19(21,22)15-6-4-5-14(11-15)13-27-18-23-9-10-24(18)17(25)12-26-16-7-2-1-3-8-16/h1-8,11H,9-10,12-13H2. The van der Waals surface area contributed by atoms with Gasteiger partial charge in [-0.15, -0.1) is 0 Å². The van der Waals surface area contributed by atoms with Gasteiger partial charge < -0.3 is 4.74 Å². The highest BCUT2D eigenvalue weighted by atomic mass is 32.2. The number of amidine groups is 1. The molecule has 0 unspecified atom stereocenters. The maximum Gasteiger partial charge on any atom is 0.416 e. The van der Waals surface area contributed by atoms with E-state index < -0.39 is 11.7 Å². The van der Waals surface area contributed by atoms with Crippen LogP contribution in [0.2, 0.25) is 0 Å². The van der Waals surface area contributed by atoms with Crippen LogP contribution >= 0.6 is 11.8 Å². The third kappa shape index (κ3) is 5.26. The van der Waals surface area contributed by atoms with E-state index in [1.165, 1.54) is 22.7 Å². The number of hydrogen-bond donors (Lipinski definition) is 0. The van der Waals surface area contributed by atoms with Gasteiger partial charge in [0.05, 0.1) is 12.1 Å². The molecule has 0 atom stereocenters. The maximum atomic E-state index is 12.8. The lowest BCUT2D eigenvalue weighted by molar-refractivity contribution is -0.137. The average molecular weight is 394 g/mol. The molecule has 0 bridgehead atoms. The van der Waals surface area contributed by atoms with Gasteiger partial charge in [-0.05, 0) is 23.8 Å². The summed E-state index contributed by atoms with van der Waals surface area (Å²) >= 11 is 1.25. The Bertz CT molecular complexity index is 825. The fourth-order valence-corrected chi connectivity index (χ4v) is 3.51. The first-order valence-corrected chi connectivity index (χ1v) is 9.23. The van der Waals surface area contributed by atoms with Gasteiger partial charge in [0.25, 0.3) is 5.91 Å². The molecule has 0 aromatic heterocycles. The lowest BCUT2D eigenvalue weighted by Gasteiger charge is -2.18. The van der Waals surface area contributed by atoms with E-state index in [-0.39, 0.29) is 12.5 Å². The van der Waals surface area contributed by atoms with Crippen molar-refractivity contribution in [3.05, 3.63) is 65.7 Å². The second-order valence-corrected chi connectivity index (χ2v) is 6.74. The van der Waals surface area contributed by atoms with Gasteiger partial charge >= 0.3 is 6.18 Å². The third-order valence-corrected chi connectivity index (χ3v) is 4.92. The Balaban J connectivity index is 1.56. The number of carbonyl (C=O) groups is 1. The normalized spacial score (nSPS) is 14.2. The highest BCUT2D eigenvalue weighted by molar-refractivity contribution is 8.13. The number of alkyl halides is 3. The van der Waals surface area contributed by atoms with Crippen molar-refractivity contribution >= 4 is 22.8 Å². The molecule has 1 amide bonds. The van der Waals surface area contributed by atoms with E-state index in [0.717, 1.165) is 12.1 Å². The van der Waals surface area contributed by atoms with Crippen molar-refractivity contribution in [2.75, 3.05) is 19.7 Å². The number of benzene rings is 2. The molecule has 0 saturated heterocycles. The van der Waals surface area contributed by atoms with Crippen molar-refractivity contribution in [2.24, 2.45) is 4.99 Å². The average Bonchev–Trinajstić information content (AvgIpc) is 3.13. The van der Waals surface area contributed by atoms with Crippen molar-refractivity contribution in [3.63, 3.8) is 0 Å². The van der Waals surface area contributed by atoms with Crippen LogP contribution in [0.3, 0.4) is 0 Å². The molecule has 0 radical (unpaired) electrons. The summed E-state index contributed by atoms with van der Waals surface area (Å²) in [6.07, 6.45) is -4.37. The molecule has 2 aromatic carbocycles. The zero-order chi connectivity index (χ0) is 19.3. The second-order valence-electron chi connectivity index (χ2n) is 5.80. The van der Waals surface area contributed by atoms with Crippen molar-refractivity contribution in [2.45, 2.75) is 11.9 Å². The molecule has 0 spiro atoms. The Morgan fingerprint density at radius 3 is 2.67 bits per heavy atom. The van der Waals surface area contributed by atoms with Gasteiger partial charge in [0.1, 0.15) is 5.75 Å². The largest absolute Gasteiger partial charge is 0.484 e. The number of thioether (sulfide) groups is 1. The second kappa shape index (κ2) is 8.47. The summed E-state index contributed by atoms with van der Waals surface area (Å²) in [6.45, 7) is 0.803. The molecule has 1 aliphatic rings. The molecule has 0 aliphatic carbocycles. The minimum atomic E-state index is -4.37. The molecule has 1 aliphatic heterocycles. The molecule has 1 heterocycles. The first-order chi connectivity index (χ1) is 12.9. The first kappa shape index (κ1) is 19.3. The number of halogens is 3. The molecule has 8 heteroatoms. The van der Waals surface area contributed by atoms with Crippen LogP contribution in [0.1, 0.15) is 11.1 Å². The summed E-state index contributed by atoms with van der Waals surface area (Å²) in [5.41, 5.74) is -0.157. The van der Waals surface area contributed by atoms with Crippen LogP contribution in [-0.2, 0) is 16.7 Å². The number of carbonyl (C=O) groups excluding carboxylic acids is 1. The maximum absolute atomic E-state index is 12.8. The van der Waals surface area contributed by atoms with E-state index in [4.69, 9.17) is 4.74 Å². The number of hydrogen-bond acceptors (Lipinski definition) is 4. The van der Waals surface area contributed by atoms with E-state index in [1.54, 1.807) is 18.2 Å². The fraction of sp³-hybridized carbons (Fsp3) is 0.263. The van der Waals surface area contributed by atoms with E-state index in [0.29, 0.717) is 35.3 Å². The molecule has 0 saturated carbocycles. The van der Waals surface area contributed by atoms with Crippen LogP contribution in [0.15, 0.2) is 59.6 Å². The molecule has 4 nitrogen and oxygen atoms in total. The number of nitrogens with zero attached hydrogens (tertiary/aromatic N) is 2. The number of amides is 1. The quantitative estimate of drug-likeness (QED) is 0.763. The number of aliphatic imine (C=N–C) groups is 1. The number of para-hydroxylation sites is 1. The Morgan fingerprint density at radius 1 is 1.15 bits per heavy atom. The lowest BCUT2D eigenvalue weighted by Crippen LogP contribution is -2.36. The summed E-state index contributed by atoms with van der Waals surface area (Å²) in [4.78, 5) is 18.2. The predicted molar refractivity (Wildman–Crippen MR) is 98.7 cm³/mol. The summed E-state index contributed by atoms with van der Waals surface area (Å²) in [5.74, 6) is 0.665. The molecule has 3 rings (SSSR count). The number of ether oxygens (including phenoxy) is 1. The molecule has 27 heavy (non-hydrogen) atoms. The monoisotopic (exact) mass is 394 g/mol. The van der Waals surface area contributed by atoms with Gasteiger partial charge in [0.2, 0.25) is 0 Å². The van der Waals surface area contributed by atoms with Crippen molar-refractivity contribution < 1.29 is 22.7 Å². The van der Waals surface area contributed by atoms with Crippen LogP contribution in [-0.4, -0.2) is 35.7 Å². The topological polar surface area (TPSA) is 41.9 Å². The SMILES string of the molecule is O=C(COc1ccccc1)N1CCN=C1SCc1cccc(C(F)(F)F)c1. The van der Waals surface area contributed by atoms with Gasteiger partial charge in [0, 0.05) is 12.3 Å². The Morgan fingerprint density at radius 2 is 1.93 bits per heavy atom. The van der Waals surface area contributed by atoms with Crippen LogP contribution in [0.25, 0.3) is 0 Å². The molecule has 2 aromatic rings. The predicted octanol–water partition coefficient (Wildman–Crippen LogP) is 4.22. The zero-order valence-corrected chi connectivity index (χ0v) is 15.1. The van der Waals surface area contributed by atoms with Gasteiger partial charge in [-0.3, -0.25) is 14.7 Å². The summed E-state index contributed by atoms with van der Waals surface area (Å²) < 4.78 is 43.9. The molecule has 142 valence electrons. The number of rotatable bonds is 5. The van der Waals surface area contributed by atoms with E-state index in [2.05, 4.69) is 4.99 Å².